The molecule has 0 aromatic heterocycles. The quantitative estimate of drug-likeness (QED) is 0.514. The van der Waals surface area contributed by atoms with Crippen LogP contribution in [0.15, 0.2) is 0 Å². The second-order valence-electron chi connectivity index (χ2n) is 4.63. The summed E-state index contributed by atoms with van der Waals surface area (Å²) >= 11 is 0. The average molecular weight is 187 g/mol. The maximum absolute atomic E-state index is 5.85. The fraction of sp³-hybridized carbons (Fsp3) is 1.00. The Morgan fingerprint density at radius 2 is 2.00 bits per heavy atom. The van der Waals surface area contributed by atoms with Gasteiger partial charge in [0.1, 0.15) is 0 Å². The van der Waals surface area contributed by atoms with Crippen LogP contribution in [0.2, 0.25) is 0 Å². The maximum Gasteiger partial charge on any atom is 0.0109 e. The van der Waals surface area contributed by atoms with Crippen LogP contribution in [0.1, 0.15) is 33.6 Å². The van der Waals surface area contributed by atoms with E-state index in [0.29, 0.717) is 5.92 Å². The van der Waals surface area contributed by atoms with Crippen LogP contribution in [0.25, 0.3) is 0 Å². The molecule has 80 valence electrons. The number of rotatable bonds is 7. The summed E-state index contributed by atoms with van der Waals surface area (Å²) in [5.41, 5.74) is 11.3. The maximum atomic E-state index is 5.85. The molecule has 0 spiro atoms. The zero-order chi connectivity index (χ0) is 10.3. The minimum atomic E-state index is -0.0515. The molecule has 0 heterocycles. The van der Waals surface area contributed by atoms with E-state index >= 15 is 0 Å². The van der Waals surface area contributed by atoms with E-state index in [4.69, 9.17) is 11.5 Å². The number of hydrogen-bond donors (Lipinski definition) is 3. The van der Waals surface area contributed by atoms with Gasteiger partial charge in [-0.2, -0.15) is 0 Å². The van der Waals surface area contributed by atoms with E-state index < -0.39 is 0 Å². The van der Waals surface area contributed by atoms with Crippen molar-refractivity contribution in [1.29, 1.82) is 0 Å². The first kappa shape index (κ1) is 12.9. The van der Waals surface area contributed by atoms with E-state index in [1.807, 2.05) is 0 Å². The second kappa shape index (κ2) is 6.35. The lowest BCUT2D eigenvalue weighted by Crippen LogP contribution is -2.36. The predicted octanol–water partition coefficient (Wildman–Crippen LogP) is 0.688. The van der Waals surface area contributed by atoms with E-state index in [1.165, 1.54) is 0 Å². The van der Waals surface area contributed by atoms with E-state index in [-0.39, 0.29) is 5.54 Å². The van der Waals surface area contributed by atoms with Crippen molar-refractivity contribution in [3.63, 3.8) is 0 Å². The molecule has 0 saturated heterocycles. The third-order valence-electron chi connectivity index (χ3n) is 2.10. The highest BCUT2D eigenvalue weighted by molar-refractivity contribution is 4.72. The van der Waals surface area contributed by atoms with Crippen molar-refractivity contribution in [2.45, 2.75) is 39.2 Å². The minimum Gasteiger partial charge on any atom is -0.330 e. The van der Waals surface area contributed by atoms with Gasteiger partial charge in [-0.25, -0.2) is 0 Å². The topological polar surface area (TPSA) is 64.1 Å². The first-order valence-corrected chi connectivity index (χ1v) is 5.15. The van der Waals surface area contributed by atoms with Gasteiger partial charge in [-0.05, 0) is 52.2 Å². The van der Waals surface area contributed by atoms with Crippen LogP contribution in [0, 0.1) is 5.92 Å². The molecular formula is C10H25N3. The van der Waals surface area contributed by atoms with Crippen LogP contribution in [0.5, 0.6) is 0 Å². The monoisotopic (exact) mass is 187 g/mol. The van der Waals surface area contributed by atoms with E-state index in [2.05, 4.69) is 26.1 Å². The summed E-state index contributed by atoms with van der Waals surface area (Å²) < 4.78 is 0. The molecule has 0 fully saturated rings. The van der Waals surface area contributed by atoms with Gasteiger partial charge >= 0.3 is 0 Å². The van der Waals surface area contributed by atoms with Crippen molar-refractivity contribution in [1.82, 2.24) is 5.32 Å². The smallest absolute Gasteiger partial charge is 0.0109 e. The van der Waals surface area contributed by atoms with Crippen LogP contribution in [0.3, 0.4) is 0 Å². The Bertz CT molecular complexity index is 118. The molecule has 0 bridgehead atoms. The Hall–Kier alpha value is -0.120. The Labute approximate surface area is 82.3 Å². The van der Waals surface area contributed by atoms with Gasteiger partial charge in [-0.3, -0.25) is 0 Å². The molecule has 0 saturated carbocycles. The minimum absolute atomic E-state index is 0.0515. The molecule has 0 aliphatic rings. The second-order valence-corrected chi connectivity index (χ2v) is 4.63. The van der Waals surface area contributed by atoms with Crippen molar-refractivity contribution in [2.75, 3.05) is 19.6 Å². The molecule has 0 amide bonds. The molecule has 0 aromatic carbocycles. The Morgan fingerprint density at radius 3 is 2.46 bits per heavy atom. The van der Waals surface area contributed by atoms with Gasteiger partial charge in [0.15, 0.2) is 0 Å². The summed E-state index contributed by atoms with van der Waals surface area (Å²) in [5.74, 6) is 0.672. The molecule has 0 rings (SSSR count). The fourth-order valence-electron chi connectivity index (χ4n) is 1.15. The molecule has 1 atom stereocenters. The van der Waals surface area contributed by atoms with Crippen molar-refractivity contribution in [2.24, 2.45) is 17.4 Å². The molecule has 0 aromatic rings. The van der Waals surface area contributed by atoms with E-state index in [1.54, 1.807) is 0 Å². The lowest BCUT2D eigenvalue weighted by Gasteiger charge is -2.19. The summed E-state index contributed by atoms with van der Waals surface area (Å²) in [6.07, 6.45) is 2.11. The van der Waals surface area contributed by atoms with Gasteiger partial charge in [-0.15, -0.1) is 0 Å². The van der Waals surface area contributed by atoms with Crippen LogP contribution in [0.4, 0.5) is 0 Å². The standard InChI is InChI=1S/C10H25N3/c1-9(4-6-11)8-13-7-5-10(2,3)12/h9,13H,4-8,11-12H2,1-3H3. The highest BCUT2D eigenvalue weighted by Crippen LogP contribution is 2.02. The fourth-order valence-corrected chi connectivity index (χ4v) is 1.15. The van der Waals surface area contributed by atoms with Crippen LogP contribution >= 0.6 is 0 Å². The first-order valence-electron chi connectivity index (χ1n) is 5.15. The molecule has 3 nitrogen and oxygen atoms in total. The highest BCUT2D eigenvalue weighted by Gasteiger charge is 2.09. The summed E-state index contributed by atoms with van der Waals surface area (Å²) in [7, 11) is 0. The molecule has 0 aliphatic heterocycles. The van der Waals surface area contributed by atoms with Gasteiger partial charge in [0.25, 0.3) is 0 Å². The first-order chi connectivity index (χ1) is 5.95. The number of nitrogens with two attached hydrogens (primary N) is 2. The summed E-state index contributed by atoms with van der Waals surface area (Å²) in [4.78, 5) is 0. The van der Waals surface area contributed by atoms with Gasteiger partial charge in [-0.1, -0.05) is 6.92 Å². The summed E-state index contributed by atoms with van der Waals surface area (Å²) in [6.45, 7) is 9.15. The van der Waals surface area contributed by atoms with Gasteiger partial charge < -0.3 is 16.8 Å². The van der Waals surface area contributed by atoms with Crippen molar-refractivity contribution >= 4 is 0 Å². The predicted molar refractivity (Wildman–Crippen MR) is 58.6 cm³/mol. The summed E-state index contributed by atoms with van der Waals surface area (Å²) in [6, 6.07) is 0. The molecule has 1 unspecified atom stereocenters. The Balaban J connectivity index is 3.25. The van der Waals surface area contributed by atoms with E-state index in [9.17, 15) is 0 Å². The Kier molecular flexibility index (Phi) is 6.29. The summed E-state index contributed by atoms with van der Waals surface area (Å²) in [5, 5.41) is 3.39. The van der Waals surface area contributed by atoms with E-state index in [0.717, 1.165) is 32.5 Å². The lowest BCUT2D eigenvalue weighted by molar-refractivity contribution is 0.427. The van der Waals surface area contributed by atoms with Crippen molar-refractivity contribution in [3.05, 3.63) is 0 Å². The zero-order valence-corrected chi connectivity index (χ0v) is 9.27. The van der Waals surface area contributed by atoms with Crippen molar-refractivity contribution < 1.29 is 0 Å². The van der Waals surface area contributed by atoms with Crippen molar-refractivity contribution in [3.8, 4) is 0 Å². The normalized spacial score (nSPS) is 14.5. The molecule has 3 heteroatoms. The molecule has 5 N–H and O–H groups in total. The van der Waals surface area contributed by atoms with Gasteiger partial charge in [0.2, 0.25) is 0 Å². The molecular weight excluding hydrogens is 162 g/mol. The average Bonchev–Trinajstić information content (AvgIpc) is 1.97. The van der Waals surface area contributed by atoms with Gasteiger partial charge in [0, 0.05) is 5.54 Å². The Morgan fingerprint density at radius 1 is 1.38 bits per heavy atom. The largest absolute Gasteiger partial charge is 0.330 e. The lowest BCUT2D eigenvalue weighted by atomic mass is 10.0. The van der Waals surface area contributed by atoms with Gasteiger partial charge in [0.05, 0.1) is 0 Å². The SMILES string of the molecule is CC(CCN)CNCCC(C)(C)N. The zero-order valence-electron chi connectivity index (χ0n) is 9.27. The highest BCUT2D eigenvalue weighted by atomic mass is 14.9. The third-order valence-corrected chi connectivity index (χ3v) is 2.10. The molecule has 0 aliphatic carbocycles. The van der Waals surface area contributed by atoms with Crippen LogP contribution in [-0.2, 0) is 0 Å². The third kappa shape index (κ3) is 9.80. The van der Waals surface area contributed by atoms with Crippen LogP contribution < -0.4 is 16.8 Å². The number of nitrogens with one attached hydrogen (secondary N) is 1. The van der Waals surface area contributed by atoms with Crippen LogP contribution in [-0.4, -0.2) is 25.2 Å². The molecule has 13 heavy (non-hydrogen) atoms. The molecule has 0 radical (unpaired) electrons. The number of hydrogen-bond acceptors (Lipinski definition) is 3.